The monoisotopic (exact) mass is 415 g/mol. The van der Waals surface area contributed by atoms with Crippen molar-refractivity contribution >= 4 is 17.5 Å². The van der Waals surface area contributed by atoms with Crippen molar-refractivity contribution in [1.29, 1.82) is 0 Å². The van der Waals surface area contributed by atoms with Gasteiger partial charge in [-0.25, -0.2) is 0 Å². The van der Waals surface area contributed by atoms with Crippen LogP contribution >= 0.6 is 0 Å². The van der Waals surface area contributed by atoms with Gasteiger partial charge >= 0.3 is 0 Å². The summed E-state index contributed by atoms with van der Waals surface area (Å²) in [5.41, 5.74) is 2.44. The highest BCUT2D eigenvalue weighted by atomic mass is 16.2. The zero-order chi connectivity index (χ0) is 21.7. The van der Waals surface area contributed by atoms with E-state index in [1.165, 1.54) is 11.3 Å². The summed E-state index contributed by atoms with van der Waals surface area (Å²) >= 11 is 0. The SMILES string of the molecule is CCN(CC)C(=O)CCC1CNC(=O)C2CC(NCc3ccc(N(C)C)cc3)CN12. The van der Waals surface area contributed by atoms with Crippen LogP contribution in [0.1, 0.15) is 38.7 Å². The molecule has 7 heteroatoms. The van der Waals surface area contributed by atoms with Gasteiger partial charge in [0.2, 0.25) is 11.8 Å². The van der Waals surface area contributed by atoms with Crippen molar-refractivity contribution in [2.75, 3.05) is 45.2 Å². The summed E-state index contributed by atoms with van der Waals surface area (Å²) in [5.74, 6) is 0.337. The van der Waals surface area contributed by atoms with Crippen molar-refractivity contribution < 1.29 is 9.59 Å². The van der Waals surface area contributed by atoms with Crippen molar-refractivity contribution in [2.45, 2.75) is 57.8 Å². The van der Waals surface area contributed by atoms with Gasteiger partial charge in [-0.1, -0.05) is 12.1 Å². The number of nitrogens with one attached hydrogen (secondary N) is 2. The molecule has 3 rings (SSSR count). The summed E-state index contributed by atoms with van der Waals surface area (Å²) in [6.07, 6.45) is 2.16. The van der Waals surface area contributed by atoms with Crippen LogP contribution in [0.2, 0.25) is 0 Å². The Balaban J connectivity index is 1.53. The average molecular weight is 416 g/mol. The lowest BCUT2D eigenvalue weighted by molar-refractivity contribution is -0.132. The van der Waals surface area contributed by atoms with E-state index in [0.717, 1.165) is 39.0 Å². The van der Waals surface area contributed by atoms with Crippen LogP contribution in [0.3, 0.4) is 0 Å². The van der Waals surface area contributed by atoms with Gasteiger partial charge in [-0.05, 0) is 44.4 Å². The Labute approximate surface area is 180 Å². The summed E-state index contributed by atoms with van der Waals surface area (Å²) in [5, 5.41) is 6.69. The number of piperazine rings is 1. The normalized spacial score (nSPS) is 23.7. The molecule has 0 radical (unpaired) electrons. The zero-order valence-corrected chi connectivity index (χ0v) is 18.9. The first kappa shape index (κ1) is 22.6. The number of amides is 2. The van der Waals surface area contributed by atoms with Gasteiger partial charge in [0.05, 0.1) is 6.04 Å². The van der Waals surface area contributed by atoms with E-state index in [1.807, 2.05) is 32.8 Å². The van der Waals surface area contributed by atoms with Gasteiger partial charge in [-0.2, -0.15) is 0 Å². The number of fused-ring (bicyclic) bond motifs is 1. The van der Waals surface area contributed by atoms with Crippen LogP contribution in [0.4, 0.5) is 5.69 Å². The third-order valence-corrected chi connectivity index (χ3v) is 6.48. The van der Waals surface area contributed by atoms with Crippen LogP contribution in [-0.4, -0.2) is 80.0 Å². The Bertz CT molecular complexity index is 717. The molecular formula is C23H37N5O2. The van der Waals surface area contributed by atoms with Crippen molar-refractivity contribution in [3.63, 3.8) is 0 Å². The number of benzene rings is 1. The number of rotatable bonds is 9. The van der Waals surface area contributed by atoms with Gasteiger partial charge in [0, 0.05) is 71.0 Å². The van der Waals surface area contributed by atoms with Crippen molar-refractivity contribution in [3.8, 4) is 0 Å². The molecule has 1 aromatic rings. The minimum absolute atomic E-state index is 0.0825. The maximum Gasteiger partial charge on any atom is 0.237 e. The molecule has 0 bridgehead atoms. The highest BCUT2D eigenvalue weighted by Gasteiger charge is 2.43. The average Bonchev–Trinajstić information content (AvgIpc) is 3.18. The standard InChI is InChI=1S/C23H37N5O2/c1-5-27(6-2)22(29)12-11-20-15-25-23(30)21-13-18(16-28(20)21)24-14-17-7-9-19(10-8-17)26(3)4/h7-10,18,20-21,24H,5-6,11-16H2,1-4H3,(H,25,30). The summed E-state index contributed by atoms with van der Waals surface area (Å²) in [4.78, 5) is 31.1. The quantitative estimate of drug-likeness (QED) is 0.639. The van der Waals surface area contributed by atoms with Crippen LogP contribution in [0.15, 0.2) is 24.3 Å². The first-order valence-electron chi connectivity index (χ1n) is 11.2. The van der Waals surface area contributed by atoms with Crippen molar-refractivity contribution in [1.82, 2.24) is 20.4 Å². The van der Waals surface area contributed by atoms with Gasteiger partial charge < -0.3 is 20.4 Å². The minimum atomic E-state index is -0.0825. The summed E-state index contributed by atoms with van der Waals surface area (Å²) in [6.45, 7) is 7.84. The minimum Gasteiger partial charge on any atom is -0.378 e. The molecule has 2 aliphatic rings. The Morgan fingerprint density at radius 3 is 2.53 bits per heavy atom. The number of nitrogens with zero attached hydrogens (tertiary/aromatic N) is 3. The van der Waals surface area contributed by atoms with E-state index in [4.69, 9.17) is 0 Å². The smallest absolute Gasteiger partial charge is 0.237 e. The number of anilines is 1. The first-order valence-corrected chi connectivity index (χ1v) is 11.2. The van der Waals surface area contributed by atoms with Crippen LogP contribution < -0.4 is 15.5 Å². The molecule has 2 amide bonds. The second-order valence-electron chi connectivity index (χ2n) is 8.59. The molecule has 0 aliphatic carbocycles. The molecule has 30 heavy (non-hydrogen) atoms. The van der Waals surface area contributed by atoms with Crippen molar-refractivity contribution in [3.05, 3.63) is 29.8 Å². The predicted molar refractivity (Wildman–Crippen MR) is 120 cm³/mol. The molecule has 2 N–H and O–H groups in total. The van der Waals surface area contributed by atoms with E-state index >= 15 is 0 Å². The van der Waals surface area contributed by atoms with E-state index in [9.17, 15) is 9.59 Å². The van der Waals surface area contributed by atoms with E-state index in [2.05, 4.69) is 44.7 Å². The van der Waals surface area contributed by atoms with Crippen LogP contribution in [-0.2, 0) is 16.1 Å². The molecule has 1 aromatic carbocycles. The largest absolute Gasteiger partial charge is 0.378 e. The molecule has 166 valence electrons. The molecule has 3 unspecified atom stereocenters. The van der Waals surface area contributed by atoms with Gasteiger partial charge in [0.15, 0.2) is 0 Å². The molecule has 2 heterocycles. The molecule has 2 aliphatic heterocycles. The Morgan fingerprint density at radius 2 is 1.90 bits per heavy atom. The van der Waals surface area contributed by atoms with Crippen LogP contribution in [0.5, 0.6) is 0 Å². The van der Waals surface area contributed by atoms with Crippen LogP contribution in [0, 0.1) is 0 Å². The molecular weight excluding hydrogens is 378 g/mol. The highest BCUT2D eigenvalue weighted by Crippen LogP contribution is 2.26. The van der Waals surface area contributed by atoms with E-state index in [0.29, 0.717) is 13.0 Å². The molecule has 3 atom stereocenters. The van der Waals surface area contributed by atoms with E-state index < -0.39 is 0 Å². The Hall–Kier alpha value is -2.12. The van der Waals surface area contributed by atoms with E-state index in [-0.39, 0.29) is 29.9 Å². The molecule has 0 saturated carbocycles. The highest BCUT2D eigenvalue weighted by molar-refractivity contribution is 5.83. The second kappa shape index (κ2) is 10.3. The lowest BCUT2D eigenvalue weighted by atomic mass is 10.0. The maximum absolute atomic E-state index is 12.4. The number of hydrogen-bond donors (Lipinski definition) is 2. The topological polar surface area (TPSA) is 67.9 Å². The summed E-state index contributed by atoms with van der Waals surface area (Å²) in [7, 11) is 4.08. The Kier molecular flexibility index (Phi) is 7.72. The van der Waals surface area contributed by atoms with Crippen LogP contribution in [0.25, 0.3) is 0 Å². The first-order chi connectivity index (χ1) is 14.4. The summed E-state index contributed by atoms with van der Waals surface area (Å²) in [6, 6.07) is 9.00. The summed E-state index contributed by atoms with van der Waals surface area (Å²) < 4.78 is 0. The lowest BCUT2D eigenvalue weighted by Crippen LogP contribution is -2.58. The number of carbonyl (C=O) groups is 2. The zero-order valence-electron chi connectivity index (χ0n) is 18.9. The second-order valence-corrected chi connectivity index (χ2v) is 8.59. The molecule has 7 nitrogen and oxygen atoms in total. The fourth-order valence-electron chi connectivity index (χ4n) is 4.59. The van der Waals surface area contributed by atoms with E-state index in [1.54, 1.807) is 0 Å². The van der Waals surface area contributed by atoms with Gasteiger partial charge in [0.25, 0.3) is 0 Å². The van der Waals surface area contributed by atoms with Gasteiger partial charge in [0.1, 0.15) is 0 Å². The molecule has 2 fully saturated rings. The molecule has 0 aromatic heterocycles. The lowest BCUT2D eigenvalue weighted by Gasteiger charge is -2.37. The number of hydrogen-bond acceptors (Lipinski definition) is 5. The Morgan fingerprint density at radius 1 is 1.20 bits per heavy atom. The fourth-order valence-corrected chi connectivity index (χ4v) is 4.59. The predicted octanol–water partition coefficient (Wildman–Crippen LogP) is 1.43. The van der Waals surface area contributed by atoms with Gasteiger partial charge in [-0.3, -0.25) is 14.5 Å². The molecule has 2 saturated heterocycles. The third-order valence-electron chi connectivity index (χ3n) is 6.48. The molecule has 0 spiro atoms. The number of carbonyl (C=O) groups excluding carboxylic acids is 2. The maximum atomic E-state index is 12.4. The van der Waals surface area contributed by atoms with Gasteiger partial charge in [-0.15, -0.1) is 0 Å². The third kappa shape index (κ3) is 5.32. The van der Waals surface area contributed by atoms with Crippen molar-refractivity contribution in [2.24, 2.45) is 0 Å². The fraction of sp³-hybridized carbons (Fsp3) is 0.652.